The quantitative estimate of drug-likeness (QED) is 0.529. The summed E-state index contributed by atoms with van der Waals surface area (Å²) in [6, 6.07) is 20.4. The van der Waals surface area contributed by atoms with Gasteiger partial charge < -0.3 is 5.32 Å². The van der Waals surface area contributed by atoms with E-state index in [4.69, 9.17) is 5.10 Å². The van der Waals surface area contributed by atoms with Gasteiger partial charge in [-0.2, -0.15) is 9.78 Å². The number of hydrogen-bond donors (Lipinski definition) is 1. The Bertz CT molecular complexity index is 1360. The zero-order valence-electron chi connectivity index (χ0n) is 17.6. The second-order valence-corrected chi connectivity index (χ2v) is 8.61. The van der Waals surface area contributed by atoms with E-state index in [0.717, 1.165) is 47.7 Å². The molecule has 1 saturated heterocycles. The summed E-state index contributed by atoms with van der Waals surface area (Å²) in [6.45, 7) is 3.88. The molecule has 0 radical (unpaired) electrons. The Morgan fingerprint density at radius 1 is 1.00 bits per heavy atom. The summed E-state index contributed by atoms with van der Waals surface area (Å²) < 4.78 is 15.0. The minimum Gasteiger partial charge on any atom is -0.383 e. The van der Waals surface area contributed by atoms with Crippen molar-refractivity contribution in [2.45, 2.75) is 18.9 Å². The predicted molar refractivity (Wildman–Crippen MR) is 124 cm³/mol. The molecule has 2 aliphatic rings. The monoisotopic (exact) mass is 426 g/mol. The molecule has 0 bridgehead atoms. The van der Waals surface area contributed by atoms with Crippen LogP contribution in [0.15, 0.2) is 71.5 Å². The fraction of sp³-hybridized carbons (Fsp3) is 0.231. The number of rotatable bonds is 4. The van der Waals surface area contributed by atoms with Gasteiger partial charge in [0.05, 0.1) is 16.8 Å². The first-order valence-corrected chi connectivity index (χ1v) is 11.0. The van der Waals surface area contributed by atoms with Crippen molar-refractivity contribution in [2.24, 2.45) is 0 Å². The number of likely N-dealkylation sites (tertiary alicyclic amines) is 1. The number of anilines is 1. The van der Waals surface area contributed by atoms with Crippen molar-refractivity contribution >= 4 is 16.5 Å². The Labute approximate surface area is 185 Å². The molecule has 1 atom stereocenters. The number of nitrogens with one attached hydrogen (secondary N) is 1. The minimum atomic E-state index is -0.265. The Balaban J connectivity index is 1.48. The van der Waals surface area contributed by atoms with Gasteiger partial charge in [0.25, 0.3) is 5.56 Å². The molecule has 160 valence electrons. The van der Waals surface area contributed by atoms with E-state index in [9.17, 15) is 9.18 Å². The summed E-state index contributed by atoms with van der Waals surface area (Å²) in [5.41, 5.74) is 4.57. The number of nitrogens with zero attached hydrogens (tertiary/aromatic N) is 3. The largest absolute Gasteiger partial charge is 0.383 e. The van der Waals surface area contributed by atoms with E-state index < -0.39 is 0 Å². The number of aromatic nitrogens is 2. The van der Waals surface area contributed by atoms with E-state index in [-0.39, 0.29) is 17.3 Å². The van der Waals surface area contributed by atoms with Crippen LogP contribution in [0.1, 0.15) is 29.2 Å². The molecule has 1 unspecified atom stereocenters. The molecule has 4 aromatic rings. The topological polar surface area (TPSA) is 50.2 Å². The molecule has 1 N–H and O–H groups in total. The Kier molecular flexibility index (Phi) is 4.54. The highest BCUT2D eigenvalue weighted by Gasteiger charge is 2.27. The highest BCUT2D eigenvalue weighted by Crippen LogP contribution is 2.36. The molecule has 0 saturated carbocycles. The molecule has 3 aromatic carbocycles. The van der Waals surface area contributed by atoms with Crippen LogP contribution in [-0.2, 0) is 6.54 Å². The van der Waals surface area contributed by atoms with Crippen molar-refractivity contribution in [1.82, 2.24) is 14.7 Å². The maximum atomic E-state index is 13.5. The van der Waals surface area contributed by atoms with Gasteiger partial charge in [-0.05, 0) is 67.0 Å². The van der Waals surface area contributed by atoms with E-state index in [1.807, 2.05) is 30.3 Å². The average Bonchev–Trinajstić information content (AvgIpc) is 2.80. The number of hydrogen-bond acceptors (Lipinski definition) is 4. The fourth-order valence-corrected chi connectivity index (χ4v) is 4.71. The molecular weight excluding hydrogens is 403 g/mol. The maximum Gasteiger partial charge on any atom is 0.279 e. The van der Waals surface area contributed by atoms with Crippen molar-refractivity contribution < 1.29 is 4.39 Å². The van der Waals surface area contributed by atoms with Crippen LogP contribution in [0.2, 0.25) is 0 Å². The van der Waals surface area contributed by atoms with E-state index in [1.54, 1.807) is 12.1 Å². The molecule has 3 heterocycles. The van der Waals surface area contributed by atoms with Gasteiger partial charge in [0.15, 0.2) is 0 Å². The van der Waals surface area contributed by atoms with Crippen molar-refractivity contribution in [3.8, 4) is 5.69 Å². The van der Waals surface area contributed by atoms with Gasteiger partial charge >= 0.3 is 0 Å². The van der Waals surface area contributed by atoms with Gasteiger partial charge in [-0.25, -0.2) is 4.39 Å². The lowest BCUT2D eigenvalue weighted by atomic mass is 9.89. The van der Waals surface area contributed by atoms with Crippen LogP contribution in [0.5, 0.6) is 0 Å². The minimum absolute atomic E-state index is 0.0782. The zero-order valence-corrected chi connectivity index (χ0v) is 17.6. The number of halogens is 1. The van der Waals surface area contributed by atoms with Gasteiger partial charge in [-0.3, -0.25) is 9.69 Å². The van der Waals surface area contributed by atoms with Crippen LogP contribution in [0, 0.1) is 5.82 Å². The zero-order chi connectivity index (χ0) is 21.7. The highest BCUT2D eigenvalue weighted by atomic mass is 19.1. The highest BCUT2D eigenvalue weighted by molar-refractivity contribution is 5.97. The summed E-state index contributed by atoms with van der Waals surface area (Å²) in [5, 5.41) is 9.77. The molecule has 6 rings (SSSR count). The van der Waals surface area contributed by atoms with Gasteiger partial charge in [0.2, 0.25) is 0 Å². The summed E-state index contributed by atoms with van der Waals surface area (Å²) in [5.74, 6) is -0.343. The van der Waals surface area contributed by atoms with Crippen LogP contribution in [0.25, 0.3) is 16.5 Å². The lowest BCUT2D eigenvalue weighted by Crippen LogP contribution is -2.36. The average molecular weight is 426 g/mol. The molecular formula is C26H23FN4O. The molecule has 1 aromatic heterocycles. The molecule has 32 heavy (non-hydrogen) atoms. The first-order valence-electron chi connectivity index (χ1n) is 11.0. The molecule has 0 spiro atoms. The maximum absolute atomic E-state index is 13.5. The Morgan fingerprint density at radius 3 is 2.50 bits per heavy atom. The van der Waals surface area contributed by atoms with E-state index in [2.05, 4.69) is 22.3 Å². The summed E-state index contributed by atoms with van der Waals surface area (Å²) in [7, 11) is 0. The number of benzene rings is 3. The third kappa shape index (κ3) is 3.19. The smallest absolute Gasteiger partial charge is 0.279 e. The van der Waals surface area contributed by atoms with Gasteiger partial charge in [-0.1, -0.05) is 30.3 Å². The SMILES string of the molecule is O=c1c2cccc3c2c(nn1-c1ccc(CN2CCC2)cc1)C(c1ccc(F)cc1)CN3. The van der Waals surface area contributed by atoms with Crippen LogP contribution < -0.4 is 10.9 Å². The van der Waals surface area contributed by atoms with Crippen LogP contribution in [0.4, 0.5) is 10.1 Å². The molecule has 6 heteroatoms. The third-order valence-corrected chi connectivity index (χ3v) is 6.59. The van der Waals surface area contributed by atoms with Gasteiger partial charge in [0, 0.05) is 30.1 Å². The fourth-order valence-electron chi connectivity index (χ4n) is 4.71. The predicted octanol–water partition coefficient (Wildman–Crippen LogP) is 4.29. The first-order chi connectivity index (χ1) is 15.7. The van der Waals surface area contributed by atoms with E-state index in [0.29, 0.717) is 11.9 Å². The normalized spacial score (nSPS) is 17.7. The lowest BCUT2D eigenvalue weighted by molar-refractivity contribution is 0.172. The molecule has 0 aliphatic carbocycles. The molecule has 1 fully saturated rings. The van der Waals surface area contributed by atoms with Crippen molar-refractivity contribution in [3.63, 3.8) is 0 Å². The Morgan fingerprint density at radius 2 is 1.78 bits per heavy atom. The third-order valence-electron chi connectivity index (χ3n) is 6.59. The van der Waals surface area contributed by atoms with Crippen molar-refractivity contribution in [1.29, 1.82) is 0 Å². The van der Waals surface area contributed by atoms with Crippen LogP contribution >= 0.6 is 0 Å². The van der Waals surface area contributed by atoms with Gasteiger partial charge in [0.1, 0.15) is 5.82 Å². The Hall–Kier alpha value is -3.51. The van der Waals surface area contributed by atoms with Crippen LogP contribution in [0.3, 0.4) is 0 Å². The van der Waals surface area contributed by atoms with E-state index >= 15 is 0 Å². The second kappa shape index (κ2) is 7.57. The lowest BCUT2D eigenvalue weighted by Gasteiger charge is -2.30. The molecule has 0 amide bonds. The van der Waals surface area contributed by atoms with E-state index in [1.165, 1.54) is 28.8 Å². The molecule has 5 nitrogen and oxygen atoms in total. The van der Waals surface area contributed by atoms with Crippen molar-refractivity contribution in [2.75, 3.05) is 25.0 Å². The van der Waals surface area contributed by atoms with Crippen molar-refractivity contribution in [3.05, 3.63) is 99.7 Å². The standard InChI is InChI=1S/C26H23FN4O/c27-19-9-7-18(8-10-19)22-15-28-23-4-1-3-21-24(23)25(22)29-31(26(21)32)20-11-5-17(6-12-20)16-30-13-2-14-30/h1,3-12,22,28H,2,13-16H2. The second-order valence-electron chi connectivity index (χ2n) is 8.61. The summed E-state index contributed by atoms with van der Waals surface area (Å²) >= 11 is 0. The summed E-state index contributed by atoms with van der Waals surface area (Å²) in [6.07, 6.45) is 1.27. The summed E-state index contributed by atoms with van der Waals surface area (Å²) in [4.78, 5) is 15.8. The molecule has 2 aliphatic heterocycles. The van der Waals surface area contributed by atoms with Gasteiger partial charge in [-0.15, -0.1) is 0 Å². The van der Waals surface area contributed by atoms with Crippen LogP contribution in [-0.4, -0.2) is 34.3 Å². The first kappa shape index (κ1) is 19.2.